The topological polar surface area (TPSA) is 80.4 Å². The van der Waals surface area contributed by atoms with Crippen LogP contribution in [0.5, 0.6) is 0 Å². The molecule has 1 aromatic heterocycles. The van der Waals surface area contributed by atoms with Crippen LogP contribution < -0.4 is 5.32 Å². The smallest absolute Gasteiger partial charge is 0.339 e. The number of ether oxygens (including phenoxy) is 2. The Morgan fingerprint density at radius 2 is 2.04 bits per heavy atom. The van der Waals surface area contributed by atoms with Crippen molar-refractivity contribution in [3.05, 3.63) is 34.8 Å². The maximum atomic E-state index is 11.7. The van der Waals surface area contributed by atoms with Crippen LogP contribution in [0.1, 0.15) is 41.8 Å². The van der Waals surface area contributed by atoms with E-state index in [-0.39, 0.29) is 5.97 Å². The summed E-state index contributed by atoms with van der Waals surface area (Å²) < 4.78 is 9.74. The van der Waals surface area contributed by atoms with Gasteiger partial charge in [0.25, 0.3) is 0 Å². The maximum Gasteiger partial charge on any atom is 0.339 e. The molecule has 0 atom stereocenters. The second-order valence-corrected chi connectivity index (χ2v) is 5.88. The van der Waals surface area contributed by atoms with Crippen LogP contribution in [0, 0.1) is 0 Å². The van der Waals surface area contributed by atoms with Gasteiger partial charge in [0.2, 0.25) is 0 Å². The molecule has 1 saturated heterocycles. The van der Waals surface area contributed by atoms with Gasteiger partial charge in [-0.25, -0.2) is 4.79 Å². The number of methoxy groups -OCH3 is 1. The van der Waals surface area contributed by atoms with Crippen LogP contribution in [-0.4, -0.2) is 37.1 Å². The van der Waals surface area contributed by atoms with Crippen molar-refractivity contribution in [1.82, 2.24) is 10.3 Å². The SMILES string of the molecule is COC(=O)C1=CCCc2c1[nH]c1c2C=CNC1.O=C1CCOCC1. The van der Waals surface area contributed by atoms with Crippen molar-refractivity contribution in [3.63, 3.8) is 0 Å². The number of allylic oxidation sites excluding steroid dienone is 1. The molecule has 0 spiro atoms. The van der Waals surface area contributed by atoms with E-state index in [1.807, 2.05) is 12.3 Å². The number of carbonyl (C=O) groups is 2. The number of Topliss-reactive ketones (excluding diaryl/α,β-unsaturated/α-hetero) is 1. The first kappa shape index (κ1) is 16.5. The third kappa shape index (κ3) is 3.43. The molecule has 6 heteroatoms. The van der Waals surface area contributed by atoms with Gasteiger partial charge < -0.3 is 19.8 Å². The van der Waals surface area contributed by atoms with Crippen molar-refractivity contribution in [2.75, 3.05) is 20.3 Å². The number of hydrogen-bond donors (Lipinski definition) is 2. The third-order valence-corrected chi connectivity index (χ3v) is 4.34. The lowest BCUT2D eigenvalue weighted by Crippen LogP contribution is -2.14. The minimum atomic E-state index is -0.263. The van der Waals surface area contributed by atoms with Crippen molar-refractivity contribution in [2.24, 2.45) is 0 Å². The zero-order chi connectivity index (χ0) is 16.9. The second-order valence-electron chi connectivity index (χ2n) is 5.88. The molecule has 0 unspecified atom stereocenters. The summed E-state index contributed by atoms with van der Waals surface area (Å²) >= 11 is 0. The summed E-state index contributed by atoms with van der Waals surface area (Å²) in [4.78, 5) is 25.4. The number of fused-ring (bicyclic) bond motifs is 3. The molecule has 1 fully saturated rings. The largest absolute Gasteiger partial charge is 0.465 e. The summed E-state index contributed by atoms with van der Waals surface area (Å²) in [5.41, 5.74) is 5.21. The minimum absolute atomic E-state index is 0.263. The first-order chi connectivity index (χ1) is 11.7. The summed E-state index contributed by atoms with van der Waals surface area (Å²) in [5, 5.41) is 3.16. The Kier molecular flexibility index (Phi) is 5.15. The fraction of sp³-hybridized carbons (Fsp3) is 0.444. The summed E-state index contributed by atoms with van der Waals surface area (Å²) in [6.07, 6.45) is 9.09. The van der Waals surface area contributed by atoms with Gasteiger partial charge in [-0.05, 0) is 30.7 Å². The van der Waals surface area contributed by atoms with Crippen LogP contribution in [0.25, 0.3) is 11.6 Å². The molecular weight excluding hydrogens is 308 g/mol. The molecule has 4 rings (SSSR count). The lowest BCUT2D eigenvalue weighted by molar-refractivity contribution is -0.133. The Labute approximate surface area is 140 Å². The van der Waals surface area contributed by atoms with Gasteiger partial charge in [0.1, 0.15) is 5.78 Å². The third-order valence-electron chi connectivity index (χ3n) is 4.34. The average molecular weight is 330 g/mol. The Hall–Kier alpha value is -2.34. The van der Waals surface area contributed by atoms with E-state index in [1.165, 1.54) is 18.2 Å². The molecule has 0 radical (unpaired) electrons. The second kappa shape index (κ2) is 7.49. The molecule has 0 bridgehead atoms. The van der Waals surface area contributed by atoms with E-state index < -0.39 is 0 Å². The first-order valence-corrected chi connectivity index (χ1v) is 8.22. The number of rotatable bonds is 1. The average Bonchev–Trinajstić information content (AvgIpc) is 3.01. The molecule has 3 heterocycles. The number of carbonyl (C=O) groups excluding carboxylic acids is 2. The van der Waals surface area contributed by atoms with Gasteiger partial charge in [0.15, 0.2) is 0 Å². The Bertz CT molecular complexity index is 692. The summed E-state index contributed by atoms with van der Waals surface area (Å²) in [7, 11) is 1.42. The predicted molar refractivity (Wildman–Crippen MR) is 90.0 cm³/mol. The van der Waals surface area contributed by atoms with E-state index in [9.17, 15) is 9.59 Å². The maximum absolute atomic E-state index is 11.7. The zero-order valence-corrected chi connectivity index (χ0v) is 13.8. The van der Waals surface area contributed by atoms with E-state index in [2.05, 4.69) is 16.4 Å². The molecule has 6 nitrogen and oxygen atoms in total. The molecule has 2 aliphatic heterocycles. The number of hydrogen-bond acceptors (Lipinski definition) is 5. The monoisotopic (exact) mass is 330 g/mol. The molecule has 2 N–H and O–H groups in total. The lowest BCUT2D eigenvalue weighted by Gasteiger charge is -2.13. The van der Waals surface area contributed by atoms with Gasteiger partial charge in [-0.1, -0.05) is 6.08 Å². The van der Waals surface area contributed by atoms with Crippen LogP contribution >= 0.6 is 0 Å². The molecule has 0 aromatic carbocycles. The first-order valence-electron chi connectivity index (χ1n) is 8.22. The normalized spacial score (nSPS) is 18.4. The van der Waals surface area contributed by atoms with E-state index in [1.54, 1.807) is 0 Å². The van der Waals surface area contributed by atoms with Gasteiger partial charge in [-0.15, -0.1) is 0 Å². The lowest BCUT2D eigenvalue weighted by atomic mass is 9.93. The number of H-pyrrole nitrogens is 1. The Morgan fingerprint density at radius 1 is 1.25 bits per heavy atom. The van der Waals surface area contributed by atoms with E-state index in [4.69, 9.17) is 9.47 Å². The van der Waals surface area contributed by atoms with Gasteiger partial charge in [-0.3, -0.25) is 4.79 Å². The van der Waals surface area contributed by atoms with Crippen LogP contribution in [0.2, 0.25) is 0 Å². The van der Waals surface area contributed by atoms with Gasteiger partial charge in [0.05, 0.1) is 38.1 Å². The summed E-state index contributed by atoms with van der Waals surface area (Å²) in [6.45, 7) is 2.06. The number of esters is 1. The summed E-state index contributed by atoms with van der Waals surface area (Å²) in [6, 6.07) is 0. The molecular formula is C18H22N2O4. The van der Waals surface area contributed by atoms with Crippen molar-refractivity contribution in [2.45, 2.75) is 32.2 Å². The molecule has 3 aliphatic rings. The van der Waals surface area contributed by atoms with Crippen LogP contribution in [0.15, 0.2) is 12.3 Å². The number of nitrogens with one attached hydrogen (secondary N) is 2. The number of aromatic nitrogens is 1. The number of aromatic amines is 1. The Morgan fingerprint density at radius 3 is 2.71 bits per heavy atom. The highest BCUT2D eigenvalue weighted by Crippen LogP contribution is 2.33. The Balaban J connectivity index is 0.000000203. The minimum Gasteiger partial charge on any atom is -0.465 e. The molecule has 0 saturated carbocycles. The van der Waals surface area contributed by atoms with Crippen molar-refractivity contribution in [3.8, 4) is 0 Å². The molecule has 0 amide bonds. The van der Waals surface area contributed by atoms with Gasteiger partial charge in [0, 0.05) is 24.1 Å². The standard InChI is InChI=1S/C13H14N2O2.C5H8O2/c1-17-13(16)10-4-2-3-9-8-5-6-14-7-11(8)15-12(9)10;6-5-1-3-7-4-2-5/h4-6,14-15H,2-3,7H2,1H3;1-4H2. The van der Waals surface area contributed by atoms with E-state index >= 15 is 0 Å². The summed E-state index contributed by atoms with van der Waals surface area (Å²) in [5.74, 6) is 0.0766. The fourth-order valence-electron chi connectivity index (χ4n) is 3.10. The van der Waals surface area contributed by atoms with Crippen LogP contribution in [0.4, 0.5) is 0 Å². The fourth-order valence-corrected chi connectivity index (χ4v) is 3.10. The van der Waals surface area contributed by atoms with Crippen LogP contribution in [-0.2, 0) is 32.0 Å². The molecule has 24 heavy (non-hydrogen) atoms. The molecule has 1 aliphatic carbocycles. The molecule has 128 valence electrons. The highest BCUT2D eigenvalue weighted by Gasteiger charge is 2.25. The van der Waals surface area contributed by atoms with Crippen molar-refractivity contribution >= 4 is 23.4 Å². The number of ketones is 1. The zero-order valence-electron chi connectivity index (χ0n) is 13.8. The van der Waals surface area contributed by atoms with E-state index in [0.29, 0.717) is 37.4 Å². The van der Waals surface area contributed by atoms with Crippen molar-refractivity contribution < 1.29 is 19.1 Å². The van der Waals surface area contributed by atoms with Crippen molar-refractivity contribution in [1.29, 1.82) is 0 Å². The van der Waals surface area contributed by atoms with Gasteiger partial charge >= 0.3 is 5.97 Å². The predicted octanol–water partition coefficient (Wildman–Crippen LogP) is 1.96. The highest BCUT2D eigenvalue weighted by molar-refractivity contribution is 6.16. The van der Waals surface area contributed by atoms with E-state index in [0.717, 1.165) is 30.8 Å². The molecule has 1 aromatic rings. The van der Waals surface area contributed by atoms with Crippen LogP contribution in [0.3, 0.4) is 0 Å². The highest BCUT2D eigenvalue weighted by atomic mass is 16.5. The quantitative estimate of drug-likeness (QED) is 0.770. The van der Waals surface area contributed by atoms with Gasteiger partial charge in [-0.2, -0.15) is 0 Å².